The molecule has 2 aliphatic heterocycles. The highest BCUT2D eigenvalue weighted by molar-refractivity contribution is 7.20. The molecule has 2 aromatic heterocycles. The van der Waals surface area contributed by atoms with Crippen molar-refractivity contribution in [3.05, 3.63) is 51.3 Å². The van der Waals surface area contributed by atoms with Crippen molar-refractivity contribution in [2.24, 2.45) is 0 Å². The molecule has 32 heavy (non-hydrogen) atoms. The number of aromatic nitrogens is 1. The van der Waals surface area contributed by atoms with Gasteiger partial charge in [0.15, 0.2) is 0 Å². The Morgan fingerprint density at radius 3 is 2.44 bits per heavy atom. The van der Waals surface area contributed by atoms with Gasteiger partial charge >= 0.3 is 6.18 Å². The third kappa shape index (κ3) is 3.89. The normalized spacial score (nSPS) is 18.2. The molecule has 0 spiro atoms. The number of amides is 2. The minimum atomic E-state index is -4.45. The van der Waals surface area contributed by atoms with Gasteiger partial charge in [0.2, 0.25) is 0 Å². The van der Waals surface area contributed by atoms with E-state index in [4.69, 9.17) is 0 Å². The van der Waals surface area contributed by atoms with Crippen molar-refractivity contribution in [1.82, 2.24) is 19.7 Å². The first-order valence-corrected chi connectivity index (χ1v) is 11.9. The molecule has 0 atom stereocenters. The molecule has 0 aliphatic carbocycles. The summed E-state index contributed by atoms with van der Waals surface area (Å²) in [6.07, 6.45) is -4.45. The molecule has 1 aromatic carbocycles. The van der Waals surface area contributed by atoms with Crippen molar-refractivity contribution in [1.29, 1.82) is 0 Å². The third-order valence-electron chi connectivity index (χ3n) is 6.00. The van der Waals surface area contributed by atoms with Crippen LogP contribution in [-0.4, -0.2) is 76.8 Å². The van der Waals surface area contributed by atoms with Crippen molar-refractivity contribution in [2.75, 3.05) is 39.3 Å². The lowest BCUT2D eigenvalue weighted by Crippen LogP contribution is -2.64. The first-order chi connectivity index (χ1) is 15.3. The van der Waals surface area contributed by atoms with E-state index in [1.807, 2.05) is 0 Å². The van der Waals surface area contributed by atoms with Crippen LogP contribution in [0.25, 0.3) is 10.1 Å². The van der Waals surface area contributed by atoms with Crippen LogP contribution < -0.4 is 0 Å². The summed E-state index contributed by atoms with van der Waals surface area (Å²) in [5, 5.41) is 1.82. The first kappa shape index (κ1) is 21.4. The summed E-state index contributed by atoms with van der Waals surface area (Å²) in [6.45, 7) is 3.74. The van der Waals surface area contributed by atoms with Gasteiger partial charge in [0.05, 0.1) is 16.0 Å². The molecule has 0 saturated carbocycles. The largest absolute Gasteiger partial charge is 0.417 e. The summed E-state index contributed by atoms with van der Waals surface area (Å²) in [7, 11) is 0. The van der Waals surface area contributed by atoms with Gasteiger partial charge in [0.1, 0.15) is 5.69 Å². The number of carbonyl (C=O) groups excluding carboxylic acids is 2. The van der Waals surface area contributed by atoms with Gasteiger partial charge in [0, 0.05) is 60.8 Å². The van der Waals surface area contributed by atoms with Crippen LogP contribution in [0, 0.1) is 0 Å². The number of rotatable bonds is 3. The van der Waals surface area contributed by atoms with Gasteiger partial charge in [-0.2, -0.15) is 13.2 Å². The third-order valence-corrected chi connectivity index (χ3v) is 7.67. The van der Waals surface area contributed by atoms with Gasteiger partial charge in [-0.25, -0.2) is 4.98 Å². The van der Waals surface area contributed by atoms with Crippen molar-refractivity contribution in [2.45, 2.75) is 12.2 Å². The van der Waals surface area contributed by atoms with Crippen LogP contribution in [0.3, 0.4) is 0 Å². The number of hydrogen-bond donors (Lipinski definition) is 0. The minimum absolute atomic E-state index is 0.0562. The average Bonchev–Trinajstić information content (AvgIpc) is 3.41. The molecule has 5 rings (SSSR count). The average molecular weight is 481 g/mol. The number of likely N-dealkylation sites (tertiary alicyclic amines) is 1. The summed E-state index contributed by atoms with van der Waals surface area (Å²) in [6, 6.07) is 5.59. The Balaban J connectivity index is 1.18. The maximum Gasteiger partial charge on any atom is 0.417 e. The van der Waals surface area contributed by atoms with Crippen LogP contribution in [0.4, 0.5) is 13.2 Å². The van der Waals surface area contributed by atoms with E-state index < -0.39 is 11.7 Å². The second-order valence-corrected chi connectivity index (χ2v) is 9.69. The fraction of sp³-hybridized carbons (Fsp3) is 0.381. The lowest BCUT2D eigenvalue weighted by molar-refractivity contribution is -0.136. The maximum atomic E-state index is 13.3. The van der Waals surface area contributed by atoms with Gasteiger partial charge in [-0.15, -0.1) is 22.7 Å². The number of thiazole rings is 1. The first-order valence-electron chi connectivity index (χ1n) is 10.1. The number of hydrogen-bond acceptors (Lipinski definition) is 6. The number of benzene rings is 1. The van der Waals surface area contributed by atoms with E-state index in [-0.39, 0.29) is 23.2 Å². The zero-order valence-electron chi connectivity index (χ0n) is 16.8. The Bertz CT molecular complexity index is 1150. The maximum absolute atomic E-state index is 13.3. The molecule has 3 aromatic rings. The summed E-state index contributed by atoms with van der Waals surface area (Å²) in [5.74, 6) is -0.285. The van der Waals surface area contributed by atoms with Crippen LogP contribution in [0.15, 0.2) is 35.2 Å². The van der Waals surface area contributed by atoms with Gasteiger partial charge in [-0.3, -0.25) is 14.5 Å². The molecule has 0 radical (unpaired) electrons. The molecule has 168 valence electrons. The van der Waals surface area contributed by atoms with Crippen LogP contribution in [0.5, 0.6) is 0 Å². The van der Waals surface area contributed by atoms with Crippen LogP contribution in [-0.2, 0) is 6.18 Å². The van der Waals surface area contributed by atoms with E-state index in [1.54, 1.807) is 26.8 Å². The predicted molar refractivity (Wildman–Crippen MR) is 116 cm³/mol. The van der Waals surface area contributed by atoms with E-state index in [1.165, 1.54) is 23.5 Å². The van der Waals surface area contributed by atoms with Crippen molar-refractivity contribution in [3.8, 4) is 0 Å². The highest BCUT2D eigenvalue weighted by Crippen LogP contribution is 2.38. The Labute approximate surface area is 189 Å². The molecule has 2 aliphatic rings. The summed E-state index contributed by atoms with van der Waals surface area (Å²) in [5.41, 5.74) is 1.40. The van der Waals surface area contributed by atoms with E-state index in [9.17, 15) is 22.8 Å². The number of alkyl halides is 3. The van der Waals surface area contributed by atoms with Crippen LogP contribution >= 0.6 is 22.7 Å². The second-order valence-electron chi connectivity index (χ2n) is 7.89. The molecule has 2 saturated heterocycles. The molecule has 2 amide bonds. The van der Waals surface area contributed by atoms with Gasteiger partial charge < -0.3 is 9.80 Å². The molecule has 4 heterocycles. The topological polar surface area (TPSA) is 56.8 Å². The zero-order chi connectivity index (χ0) is 22.5. The van der Waals surface area contributed by atoms with Gasteiger partial charge in [0.25, 0.3) is 11.8 Å². The smallest absolute Gasteiger partial charge is 0.335 e. The summed E-state index contributed by atoms with van der Waals surface area (Å²) < 4.78 is 40.2. The SMILES string of the molecule is O=C(c1cscn1)N1CCN(C2CN(C(=O)c3cc4c(C(F)(F)F)cccc4s3)C2)CC1. The molecule has 2 fully saturated rings. The lowest BCUT2D eigenvalue weighted by Gasteiger charge is -2.48. The van der Waals surface area contributed by atoms with Crippen LogP contribution in [0.1, 0.15) is 25.7 Å². The number of fused-ring (bicyclic) bond motifs is 1. The lowest BCUT2D eigenvalue weighted by atomic mass is 10.0. The number of carbonyl (C=O) groups is 2. The molecular formula is C21H19F3N4O2S2. The highest BCUT2D eigenvalue weighted by Gasteiger charge is 2.38. The van der Waals surface area contributed by atoms with Crippen molar-refractivity contribution < 1.29 is 22.8 Å². The van der Waals surface area contributed by atoms with Gasteiger partial charge in [-0.1, -0.05) is 6.07 Å². The van der Waals surface area contributed by atoms with E-state index in [2.05, 4.69) is 9.88 Å². The molecule has 0 unspecified atom stereocenters. The van der Waals surface area contributed by atoms with Crippen molar-refractivity contribution >= 4 is 44.6 Å². The standard InChI is InChI=1S/C21H19F3N4O2S2/c22-21(23,24)15-2-1-3-17-14(15)8-18(32-17)20(30)28-9-13(10-28)26-4-6-27(7-5-26)19(29)16-11-31-12-25-16/h1-3,8,11-13H,4-7,9-10H2. The Kier molecular flexibility index (Phi) is 5.42. The minimum Gasteiger partial charge on any atom is -0.335 e. The predicted octanol–water partition coefficient (Wildman–Crippen LogP) is 3.66. The monoisotopic (exact) mass is 480 g/mol. The number of thiophene rings is 1. The fourth-order valence-corrected chi connectivity index (χ4v) is 5.77. The molecule has 6 nitrogen and oxygen atoms in total. The number of halogens is 3. The van der Waals surface area contributed by atoms with E-state index in [0.29, 0.717) is 41.5 Å². The zero-order valence-corrected chi connectivity index (χ0v) is 18.5. The Hall–Kier alpha value is -2.50. The Morgan fingerprint density at radius 2 is 1.78 bits per heavy atom. The van der Waals surface area contributed by atoms with Gasteiger partial charge in [-0.05, 0) is 18.2 Å². The highest BCUT2D eigenvalue weighted by atomic mass is 32.1. The fourth-order valence-electron chi connectivity index (χ4n) is 4.19. The number of nitrogens with zero attached hydrogens (tertiary/aromatic N) is 4. The Morgan fingerprint density at radius 1 is 1.03 bits per heavy atom. The molecule has 0 N–H and O–H groups in total. The molecule has 0 bridgehead atoms. The second kappa shape index (κ2) is 8.13. The number of piperazine rings is 1. The quantitative estimate of drug-likeness (QED) is 0.574. The van der Waals surface area contributed by atoms with Crippen LogP contribution in [0.2, 0.25) is 0 Å². The molecular weight excluding hydrogens is 461 g/mol. The summed E-state index contributed by atoms with van der Waals surface area (Å²) in [4.78, 5) is 35.4. The van der Waals surface area contributed by atoms with E-state index in [0.717, 1.165) is 30.5 Å². The summed E-state index contributed by atoms with van der Waals surface area (Å²) >= 11 is 2.49. The molecule has 11 heteroatoms. The van der Waals surface area contributed by atoms with Crippen molar-refractivity contribution in [3.63, 3.8) is 0 Å². The van der Waals surface area contributed by atoms with E-state index >= 15 is 0 Å².